The molecular formula is C18H18F3NO3. The summed E-state index contributed by atoms with van der Waals surface area (Å²) < 4.78 is 47.9. The largest absolute Gasteiger partial charge is 0.493 e. The lowest BCUT2D eigenvalue weighted by molar-refractivity contribution is -0.0512. The maximum Gasteiger partial charge on any atom is 0.387 e. The lowest BCUT2D eigenvalue weighted by Crippen LogP contribution is -2.26. The number of halogens is 3. The number of alkyl halides is 2. The first-order valence-corrected chi connectivity index (χ1v) is 7.45. The van der Waals surface area contributed by atoms with Gasteiger partial charge in [-0.15, -0.1) is 0 Å². The molecule has 0 saturated carbocycles. The van der Waals surface area contributed by atoms with E-state index in [4.69, 9.17) is 4.74 Å². The third-order valence-electron chi connectivity index (χ3n) is 3.63. The second-order valence-corrected chi connectivity index (χ2v) is 5.49. The Labute approximate surface area is 143 Å². The molecule has 0 radical (unpaired) electrons. The van der Waals surface area contributed by atoms with Gasteiger partial charge in [0.1, 0.15) is 5.82 Å². The van der Waals surface area contributed by atoms with Crippen molar-refractivity contribution in [3.05, 3.63) is 58.9 Å². The van der Waals surface area contributed by atoms with Gasteiger partial charge in [-0.2, -0.15) is 8.78 Å². The van der Waals surface area contributed by atoms with Crippen LogP contribution in [0.1, 0.15) is 21.5 Å². The average molecular weight is 353 g/mol. The van der Waals surface area contributed by atoms with Crippen LogP contribution in [0, 0.1) is 12.7 Å². The average Bonchev–Trinajstić information content (AvgIpc) is 2.56. The van der Waals surface area contributed by atoms with E-state index >= 15 is 0 Å². The molecule has 0 saturated heterocycles. The van der Waals surface area contributed by atoms with Gasteiger partial charge in [-0.25, -0.2) is 4.39 Å². The summed E-state index contributed by atoms with van der Waals surface area (Å²) in [5, 5.41) is 0. The Morgan fingerprint density at radius 3 is 2.48 bits per heavy atom. The molecule has 0 aromatic heterocycles. The molecule has 0 atom stereocenters. The maximum atomic E-state index is 13.6. The van der Waals surface area contributed by atoms with Gasteiger partial charge in [-0.1, -0.05) is 12.1 Å². The molecule has 25 heavy (non-hydrogen) atoms. The molecule has 4 nitrogen and oxygen atoms in total. The summed E-state index contributed by atoms with van der Waals surface area (Å²) in [6.45, 7) is -1.24. The number of methoxy groups -OCH3 is 1. The van der Waals surface area contributed by atoms with Crippen molar-refractivity contribution in [3.63, 3.8) is 0 Å². The summed E-state index contributed by atoms with van der Waals surface area (Å²) >= 11 is 0. The molecule has 0 spiro atoms. The fraction of sp³-hybridized carbons (Fsp3) is 0.278. The minimum atomic E-state index is -2.99. The third kappa shape index (κ3) is 4.65. The monoisotopic (exact) mass is 353 g/mol. The highest BCUT2D eigenvalue weighted by Crippen LogP contribution is 2.30. The molecule has 0 bridgehead atoms. The maximum absolute atomic E-state index is 13.6. The van der Waals surface area contributed by atoms with E-state index in [2.05, 4.69) is 4.74 Å². The van der Waals surface area contributed by atoms with Crippen LogP contribution >= 0.6 is 0 Å². The van der Waals surface area contributed by atoms with Crippen LogP contribution in [0.5, 0.6) is 11.5 Å². The van der Waals surface area contributed by atoms with Crippen molar-refractivity contribution in [3.8, 4) is 11.5 Å². The first kappa shape index (κ1) is 18.6. The number of rotatable bonds is 6. The van der Waals surface area contributed by atoms with E-state index in [-0.39, 0.29) is 29.5 Å². The van der Waals surface area contributed by atoms with Gasteiger partial charge in [-0.05, 0) is 42.3 Å². The van der Waals surface area contributed by atoms with Crippen LogP contribution in [0.3, 0.4) is 0 Å². The smallest absolute Gasteiger partial charge is 0.387 e. The fourth-order valence-electron chi connectivity index (χ4n) is 2.30. The SMILES string of the molecule is COc1ccc(CN(C)C(=O)c2ccc(C)c(F)c2)cc1OC(F)F. The van der Waals surface area contributed by atoms with Crippen molar-refractivity contribution in [1.82, 2.24) is 4.90 Å². The topological polar surface area (TPSA) is 38.8 Å². The summed E-state index contributed by atoms with van der Waals surface area (Å²) in [4.78, 5) is 13.7. The highest BCUT2D eigenvalue weighted by molar-refractivity contribution is 5.94. The first-order valence-electron chi connectivity index (χ1n) is 7.45. The van der Waals surface area contributed by atoms with Crippen LogP contribution < -0.4 is 9.47 Å². The Morgan fingerprint density at radius 2 is 1.88 bits per heavy atom. The van der Waals surface area contributed by atoms with Crippen LogP contribution in [0.25, 0.3) is 0 Å². The Morgan fingerprint density at radius 1 is 1.16 bits per heavy atom. The molecule has 2 aromatic carbocycles. The molecular weight excluding hydrogens is 335 g/mol. The second-order valence-electron chi connectivity index (χ2n) is 5.49. The molecule has 1 amide bonds. The number of ether oxygens (including phenoxy) is 2. The Hall–Kier alpha value is -2.70. The van der Waals surface area contributed by atoms with E-state index in [0.29, 0.717) is 11.1 Å². The van der Waals surface area contributed by atoms with Crippen molar-refractivity contribution in [1.29, 1.82) is 0 Å². The van der Waals surface area contributed by atoms with Gasteiger partial charge in [0.15, 0.2) is 11.5 Å². The summed E-state index contributed by atoms with van der Waals surface area (Å²) in [7, 11) is 2.88. The van der Waals surface area contributed by atoms with Crippen molar-refractivity contribution < 1.29 is 27.4 Å². The molecule has 0 fully saturated rings. The van der Waals surface area contributed by atoms with E-state index in [1.165, 1.54) is 49.4 Å². The summed E-state index contributed by atoms with van der Waals surface area (Å²) in [5.74, 6) is -0.793. The van der Waals surface area contributed by atoms with Gasteiger partial charge in [-0.3, -0.25) is 4.79 Å². The molecule has 0 heterocycles. The molecule has 7 heteroatoms. The van der Waals surface area contributed by atoms with E-state index in [1.54, 1.807) is 13.0 Å². The number of carbonyl (C=O) groups is 1. The van der Waals surface area contributed by atoms with Gasteiger partial charge in [0.25, 0.3) is 5.91 Å². The number of nitrogens with zero attached hydrogens (tertiary/aromatic N) is 1. The molecule has 0 unspecified atom stereocenters. The molecule has 0 N–H and O–H groups in total. The molecule has 134 valence electrons. The molecule has 0 aliphatic carbocycles. The van der Waals surface area contributed by atoms with Crippen molar-refractivity contribution in [2.45, 2.75) is 20.1 Å². The standard InChI is InChI=1S/C18H18F3NO3/c1-11-4-6-13(9-14(11)19)17(23)22(2)10-12-5-7-15(24-3)16(8-12)25-18(20)21/h4-9,18H,10H2,1-3H3. The van der Waals surface area contributed by atoms with Crippen molar-refractivity contribution in [2.75, 3.05) is 14.2 Å². The number of hydrogen-bond donors (Lipinski definition) is 0. The first-order chi connectivity index (χ1) is 11.8. The molecule has 2 rings (SSSR count). The highest BCUT2D eigenvalue weighted by Gasteiger charge is 2.16. The molecule has 0 aliphatic rings. The number of hydrogen-bond acceptors (Lipinski definition) is 3. The van der Waals surface area contributed by atoms with E-state index in [9.17, 15) is 18.0 Å². The summed E-state index contributed by atoms with van der Waals surface area (Å²) in [6, 6.07) is 8.74. The van der Waals surface area contributed by atoms with Crippen LogP contribution in [-0.4, -0.2) is 31.6 Å². The van der Waals surface area contributed by atoms with Crippen LogP contribution in [-0.2, 0) is 6.54 Å². The van der Waals surface area contributed by atoms with Gasteiger partial charge < -0.3 is 14.4 Å². The van der Waals surface area contributed by atoms with Crippen molar-refractivity contribution >= 4 is 5.91 Å². The van der Waals surface area contributed by atoms with Crippen LogP contribution in [0.2, 0.25) is 0 Å². The summed E-state index contributed by atoms with van der Waals surface area (Å²) in [5.41, 5.74) is 1.23. The summed E-state index contributed by atoms with van der Waals surface area (Å²) in [6.07, 6.45) is 0. The molecule has 0 aliphatic heterocycles. The predicted molar refractivity (Wildman–Crippen MR) is 86.6 cm³/mol. The fourth-order valence-corrected chi connectivity index (χ4v) is 2.30. The number of aryl methyl sites for hydroxylation is 1. The van der Waals surface area contributed by atoms with Crippen LogP contribution in [0.15, 0.2) is 36.4 Å². The Kier molecular flexibility index (Phi) is 5.90. The quantitative estimate of drug-likeness (QED) is 0.787. The van der Waals surface area contributed by atoms with Gasteiger partial charge in [0.05, 0.1) is 7.11 Å². The minimum absolute atomic E-state index is 0.114. The molecule has 2 aromatic rings. The van der Waals surface area contributed by atoms with E-state index < -0.39 is 12.4 Å². The zero-order chi connectivity index (χ0) is 18.6. The van der Waals surface area contributed by atoms with E-state index in [1.807, 2.05) is 0 Å². The third-order valence-corrected chi connectivity index (χ3v) is 3.63. The Bertz CT molecular complexity index is 765. The lowest BCUT2D eigenvalue weighted by atomic mass is 10.1. The second kappa shape index (κ2) is 7.92. The van der Waals surface area contributed by atoms with Crippen molar-refractivity contribution in [2.24, 2.45) is 0 Å². The zero-order valence-corrected chi connectivity index (χ0v) is 14.1. The predicted octanol–water partition coefficient (Wildman–Crippen LogP) is 4.02. The van der Waals surface area contributed by atoms with Gasteiger partial charge >= 0.3 is 6.61 Å². The zero-order valence-electron chi connectivity index (χ0n) is 14.1. The highest BCUT2D eigenvalue weighted by atomic mass is 19.3. The van der Waals surface area contributed by atoms with Crippen LogP contribution in [0.4, 0.5) is 13.2 Å². The minimum Gasteiger partial charge on any atom is -0.493 e. The number of carbonyl (C=O) groups excluding carboxylic acids is 1. The number of amides is 1. The number of benzene rings is 2. The lowest BCUT2D eigenvalue weighted by Gasteiger charge is -2.19. The Balaban J connectivity index is 2.17. The van der Waals surface area contributed by atoms with E-state index in [0.717, 1.165) is 0 Å². The van der Waals surface area contributed by atoms with Gasteiger partial charge in [0, 0.05) is 19.2 Å². The normalized spacial score (nSPS) is 10.7. The van der Waals surface area contributed by atoms with Gasteiger partial charge in [0.2, 0.25) is 0 Å².